The van der Waals surface area contributed by atoms with Gasteiger partial charge in [0, 0.05) is 18.8 Å². The fourth-order valence-corrected chi connectivity index (χ4v) is 5.38. The number of hydrogen-bond acceptors (Lipinski definition) is 10. The second kappa shape index (κ2) is 16.3. The fraction of sp³-hybridized carbons (Fsp3) is 0.371. The highest BCUT2D eigenvalue weighted by atomic mass is 16.6. The number of esters is 3. The lowest BCUT2D eigenvalue weighted by Gasteiger charge is -2.18. The van der Waals surface area contributed by atoms with Gasteiger partial charge in [0.25, 0.3) is 0 Å². The van der Waals surface area contributed by atoms with Crippen LogP contribution < -0.4 is 24.3 Å². The maximum absolute atomic E-state index is 12.7. The molecule has 3 atom stereocenters. The SMILES string of the molecule is COC(=O)[C@H](Cc1ccccc1)NC(=O)CCC(=O)Oc1ccc(C[C@H]2C(=O)OC[C@@H]2Cc2ccc(OC)c(OC)c2)cc1OC. The number of nitrogens with one attached hydrogen (secondary N) is 1. The van der Waals surface area contributed by atoms with Crippen LogP contribution in [0, 0.1) is 11.8 Å². The first-order valence-corrected chi connectivity index (χ1v) is 14.9. The number of carbonyl (C=O) groups is 4. The molecular formula is C35H39NO10. The molecule has 1 amide bonds. The Labute approximate surface area is 268 Å². The minimum Gasteiger partial charge on any atom is -0.493 e. The molecule has 0 bridgehead atoms. The molecule has 11 heteroatoms. The van der Waals surface area contributed by atoms with E-state index in [4.69, 9.17) is 28.4 Å². The van der Waals surface area contributed by atoms with Crippen molar-refractivity contribution in [2.75, 3.05) is 35.0 Å². The molecule has 1 aliphatic heterocycles. The highest BCUT2D eigenvalue weighted by Gasteiger charge is 2.37. The van der Waals surface area contributed by atoms with E-state index >= 15 is 0 Å². The van der Waals surface area contributed by atoms with Crippen LogP contribution in [-0.4, -0.2) is 64.9 Å². The van der Waals surface area contributed by atoms with Crippen molar-refractivity contribution in [3.8, 4) is 23.0 Å². The number of cyclic esters (lactones) is 1. The van der Waals surface area contributed by atoms with Gasteiger partial charge in [-0.05, 0) is 53.8 Å². The lowest BCUT2D eigenvalue weighted by atomic mass is 9.85. The zero-order valence-corrected chi connectivity index (χ0v) is 26.4. The number of benzene rings is 3. The minimum absolute atomic E-state index is 0.0493. The maximum Gasteiger partial charge on any atom is 0.328 e. The van der Waals surface area contributed by atoms with E-state index in [9.17, 15) is 19.2 Å². The van der Waals surface area contributed by atoms with E-state index in [0.29, 0.717) is 36.7 Å². The van der Waals surface area contributed by atoms with Crippen molar-refractivity contribution in [2.24, 2.45) is 11.8 Å². The van der Waals surface area contributed by atoms with Gasteiger partial charge in [-0.15, -0.1) is 0 Å². The minimum atomic E-state index is -0.889. The van der Waals surface area contributed by atoms with Gasteiger partial charge in [-0.25, -0.2) is 4.79 Å². The van der Waals surface area contributed by atoms with E-state index in [-0.39, 0.29) is 42.8 Å². The van der Waals surface area contributed by atoms with Crippen LogP contribution in [0.25, 0.3) is 0 Å². The number of rotatable bonds is 15. The van der Waals surface area contributed by atoms with Crippen LogP contribution in [0.3, 0.4) is 0 Å². The van der Waals surface area contributed by atoms with E-state index in [1.807, 2.05) is 48.5 Å². The normalized spacial score (nSPS) is 16.1. The van der Waals surface area contributed by atoms with Crippen LogP contribution in [0.4, 0.5) is 0 Å². The van der Waals surface area contributed by atoms with Gasteiger partial charge in [0.15, 0.2) is 23.0 Å². The monoisotopic (exact) mass is 633 g/mol. The van der Waals surface area contributed by atoms with Gasteiger partial charge >= 0.3 is 17.9 Å². The van der Waals surface area contributed by atoms with Gasteiger partial charge in [0.2, 0.25) is 5.91 Å². The van der Waals surface area contributed by atoms with E-state index in [2.05, 4.69) is 5.32 Å². The Morgan fingerprint density at radius 1 is 0.783 bits per heavy atom. The van der Waals surface area contributed by atoms with Crippen molar-refractivity contribution >= 4 is 23.8 Å². The van der Waals surface area contributed by atoms with Crippen LogP contribution in [0.5, 0.6) is 23.0 Å². The lowest BCUT2D eigenvalue weighted by Crippen LogP contribution is -2.43. The summed E-state index contributed by atoms with van der Waals surface area (Å²) in [6.45, 7) is 0.310. The van der Waals surface area contributed by atoms with Crippen molar-refractivity contribution in [1.82, 2.24) is 5.32 Å². The van der Waals surface area contributed by atoms with Crippen LogP contribution >= 0.6 is 0 Å². The molecule has 244 valence electrons. The third-order valence-electron chi connectivity index (χ3n) is 7.82. The van der Waals surface area contributed by atoms with Crippen LogP contribution in [0.15, 0.2) is 66.7 Å². The summed E-state index contributed by atoms with van der Waals surface area (Å²) in [4.78, 5) is 50.1. The number of methoxy groups -OCH3 is 4. The summed E-state index contributed by atoms with van der Waals surface area (Å²) >= 11 is 0. The average Bonchev–Trinajstić information content (AvgIpc) is 3.41. The Bertz CT molecular complexity index is 1520. The van der Waals surface area contributed by atoms with Crippen molar-refractivity contribution in [2.45, 2.75) is 38.1 Å². The zero-order chi connectivity index (χ0) is 33.1. The summed E-state index contributed by atoms with van der Waals surface area (Å²) in [5.41, 5.74) is 2.66. The first-order chi connectivity index (χ1) is 22.2. The first-order valence-electron chi connectivity index (χ1n) is 14.9. The van der Waals surface area contributed by atoms with Crippen molar-refractivity contribution in [3.05, 3.63) is 83.4 Å². The average molecular weight is 634 g/mol. The third kappa shape index (κ3) is 8.99. The molecule has 1 heterocycles. The Hall–Kier alpha value is -5.06. The highest BCUT2D eigenvalue weighted by molar-refractivity contribution is 5.87. The molecule has 0 spiro atoms. The Morgan fingerprint density at radius 3 is 2.07 bits per heavy atom. The van der Waals surface area contributed by atoms with Gasteiger partial charge < -0.3 is 33.7 Å². The predicted octanol–water partition coefficient (Wildman–Crippen LogP) is 3.87. The second-order valence-corrected chi connectivity index (χ2v) is 10.9. The van der Waals surface area contributed by atoms with Crippen molar-refractivity contribution in [1.29, 1.82) is 0 Å². The number of hydrogen-bond donors (Lipinski definition) is 1. The maximum atomic E-state index is 12.7. The summed E-state index contributed by atoms with van der Waals surface area (Å²) in [6, 6.07) is 19.1. The van der Waals surface area contributed by atoms with Crippen LogP contribution in [0.1, 0.15) is 29.5 Å². The summed E-state index contributed by atoms with van der Waals surface area (Å²) in [5, 5.41) is 2.64. The summed E-state index contributed by atoms with van der Waals surface area (Å²) in [5.74, 6) is -0.665. The molecule has 1 fully saturated rings. The highest BCUT2D eigenvalue weighted by Crippen LogP contribution is 2.35. The summed E-state index contributed by atoms with van der Waals surface area (Å²) in [6.07, 6.45) is 0.868. The smallest absolute Gasteiger partial charge is 0.328 e. The van der Waals surface area contributed by atoms with Gasteiger partial charge in [-0.1, -0.05) is 42.5 Å². The molecule has 3 aromatic carbocycles. The van der Waals surface area contributed by atoms with Crippen LogP contribution in [-0.2, 0) is 47.9 Å². The Morgan fingerprint density at radius 2 is 1.41 bits per heavy atom. The van der Waals surface area contributed by atoms with Gasteiger partial charge in [0.1, 0.15) is 6.04 Å². The van der Waals surface area contributed by atoms with E-state index in [0.717, 1.165) is 16.7 Å². The number of ether oxygens (including phenoxy) is 6. The zero-order valence-electron chi connectivity index (χ0n) is 26.4. The fourth-order valence-electron chi connectivity index (χ4n) is 5.38. The molecule has 1 saturated heterocycles. The van der Waals surface area contributed by atoms with Gasteiger partial charge in [-0.2, -0.15) is 0 Å². The molecule has 4 rings (SSSR count). The molecule has 0 radical (unpaired) electrons. The number of amides is 1. The topological polar surface area (TPSA) is 136 Å². The van der Waals surface area contributed by atoms with Crippen molar-refractivity contribution < 1.29 is 47.6 Å². The molecule has 1 N–H and O–H groups in total. The summed E-state index contributed by atoms with van der Waals surface area (Å²) < 4.78 is 32.0. The molecule has 0 aromatic heterocycles. The second-order valence-electron chi connectivity index (χ2n) is 10.9. The van der Waals surface area contributed by atoms with E-state index in [1.165, 1.54) is 14.2 Å². The number of carbonyl (C=O) groups excluding carboxylic acids is 4. The lowest BCUT2D eigenvalue weighted by molar-refractivity contribution is -0.145. The van der Waals surface area contributed by atoms with E-state index in [1.54, 1.807) is 32.4 Å². The molecule has 0 unspecified atom stereocenters. The summed E-state index contributed by atoms with van der Waals surface area (Å²) in [7, 11) is 5.86. The van der Waals surface area contributed by atoms with Gasteiger partial charge in [0.05, 0.1) is 47.4 Å². The van der Waals surface area contributed by atoms with Crippen LogP contribution in [0.2, 0.25) is 0 Å². The molecule has 11 nitrogen and oxygen atoms in total. The molecule has 0 aliphatic carbocycles. The largest absolute Gasteiger partial charge is 0.493 e. The quantitative estimate of drug-likeness (QED) is 0.194. The molecular weight excluding hydrogens is 594 g/mol. The predicted molar refractivity (Wildman–Crippen MR) is 167 cm³/mol. The van der Waals surface area contributed by atoms with Crippen molar-refractivity contribution in [3.63, 3.8) is 0 Å². The molecule has 1 aliphatic rings. The molecule has 46 heavy (non-hydrogen) atoms. The van der Waals surface area contributed by atoms with Gasteiger partial charge in [-0.3, -0.25) is 14.4 Å². The Balaban J connectivity index is 1.33. The Kier molecular flexibility index (Phi) is 12.0. The van der Waals surface area contributed by atoms with E-state index < -0.39 is 23.9 Å². The molecule has 3 aromatic rings. The molecule has 0 saturated carbocycles. The third-order valence-corrected chi connectivity index (χ3v) is 7.82. The first kappa shape index (κ1) is 33.8. The standard InChI is InChI=1S/C35H39NO10/c1-41-28-12-10-23(19-30(28)42-2)16-25-21-45-34(39)26(25)17-24-11-13-29(31(20-24)43-3)46-33(38)15-14-32(37)36-27(35(40)44-4)18-22-8-6-5-7-9-22/h5-13,19-20,25-27H,14-18,21H2,1-4H3,(H,36,37)/t25-,26+,27-/m0/s1.